The third-order valence-corrected chi connectivity index (χ3v) is 3.21. The van der Waals surface area contributed by atoms with Crippen LogP contribution in [-0.2, 0) is 0 Å². The predicted molar refractivity (Wildman–Crippen MR) is 87.8 cm³/mol. The molecule has 3 nitrogen and oxygen atoms in total. The summed E-state index contributed by atoms with van der Waals surface area (Å²) in [5.74, 6) is 0. The number of aryl methyl sites for hydroxylation is 1. The first-order chi connectivity index (χ1) is 9.56. The van der Waals surface area contributed by atoms with Gasteiger partial charge in [0.1, 0.15) is 0 Å². The van der Waals surface area contributed by atoms with E-state index >= 15 is 0 Å². The number of benzene rings is 2. The first kappa shape index (κ1) is 14.1. The summed E-state index contributed by atoms with van der Waals surface area (Å²) in [6.07, 6.45) is 0. The van der Waals surface area contributed by atoms with Crippen LogP contribution in [0, 0.1) is 6.92 Å². The molecule has 0 amide bonds. The summed E-state index contributed by atoms with van der Waals surface area (Å²) in [6.45, 7) is 4.08. The smallest absolute Gasteiger partial charge is 0.0648 e. The van der Waals surface area contributed by atoms with Crippen LogP contribution in [0.3, 0.4) is 0 Å². The van der Waals surface area contributed by atoms with Crippen LogP contribution < -0.4 is 10.3 Å². The second-order valence-electron chi connectivity index (χ2n) is 5.12. The van der Waals surface area contributed by atoms with Crippen LogP contribution in [0.1, 0.15) is 18.1 Å². The zero-order valence-electron chi connectivity index (χ0n) is 12.5. The molecule has 0 aliphatic rings. The van der Waals surface area contributed by atoms with Crippen LogP contribution in [0.4, 0.5) is 11.4 Å². The molecule has 0 atom stereocenters. The van der Waals surface area contributed by atoms with E-state index < -0.39 is 0 Å². The van der Waals surface area contributed by atoms with Crippen LogP contribution in [0.15, 0.2) is 53.6 Å². The molecule has 3 heteroatoms. The molecule has 0 spiro atoms. The lowest BCUT2D eigenvalue weighted by atomic mass is 10.1. The van der Waals surface area contributed by atoms with Crippen molar-refractivity contribution in [3.05, 3.63) is 59.7 Å². The Balaban J connectivity index is 2.08. The van der Waals surface area contributed by atoms with Gasteiger partial charge in [0, 0.05) is 19.8 Å². The molecule has 0 radical (unpaired) electrons. The van der Waals surface area contributed by atoms with Crippen LogP contribution in [0.2, 0.25) is 0 Å². The van der Waals surface area contributed by atoms with Crippen molar-refractivity contribution >= 4 is 17.1 Å². The van der Waals surface area contributed by atoms with Crippen molar-refractivity contribution in [2.75, 3.05) is 24.4 Å². The molecule has 0 aliphatic heterocycles. The van der Waals surface area contributed by atoms with E-state index in [1.54, 1.807) is 0 Å². The number of hydrogen-bond donors (Lipinski definition) is 1. The Morgan fingerprint density at radius 1 is 0.950 bits per heavy atom. The fourth-order valence-electron chi connectivity index (χ4n) is 1.84. The number of hydrazone groups is 1. The standard InChI is InChI=1S/C17H21N3/c1-13-5-9-16(10-6-13)19-18-14(2)15-7-11-17(12-8-15)20(3)4/h5-12,19H,1-4H3/b18-14-. The second kappa shape index (κ2) is 6.24. The van der Waals surface area contributed by atoms with Crippen LogP contribution >= 0.6 is 0 Å². The van der Waals surface area contributed by atoms with Gasteiger partial charge in [-0.25, -0.2) is 0 Å². The fraction of sp³-hybridized carbons (Fsp3) is 0.235. The van der Waals surface area contributed by atoms with E-state index in [1.165, 1.54) is 11.3 Å². The fourth-order valence-corrected chi connectivity index (χ4v) is 1.84. The maximum atomic E-state index is 4.42. The highest BCUT2D eigenvalue weighted by atomic mass is 15.3. The molecule has 0 bridgehead atoms. The molecule has 1 N–H and O–H groups in total. The molecule has 104 valence electrons. The van der Waals surface area contributed by atoms with Gasteiger partial charge < -0.3 is 4.90 Å². The minimum atomic E-state index is 0.968. The van der Waals surface area contributed by atoms with Gasteiger partial charge in [0.15, 0.2) is 0 Å². The van der Waals surface area contributed by atoms with Crippen LogP contribution in [-0.4, -0.2) is 19.8 Å². The van der Waals surface area contributed by atoms with Gasteiger partial charge in [0.05, 0.1) is 11.4 Å². The number of anilines is 2. The van der Waals surface area contributed by atoms with Crippen LogP contribution in [0.5, 0.6) is 0 Å². The first-order valence-electron chi connectivity index (χ1n) is 6.71. The number of rotatable bonds is 4. The number of nitrogens with one attached hydrogen (secondary N) is 1. The minimum Gasteiger partial charge on any atom is -0.378 e. The molecule has 0 saturated heterocycles. The molecule has 0 unspecified atom stereocenters. The molecule has 20 heavy (non-hydrogen) atoms. The summed E-state index contributed by atoms with van der Waals surface area (Å²) in [7, 11) is 4.07. The monoisotopic (exact) mass is 267 g/mol. The van der Waals surface area contributed by atoms with Gasteiger partial charge in [-0.2, -0.15) is 5.10 Å². The van der Waals surface area contributed by atoms with E-state index in [9.17, 15) is 0 Å². The summed E-state index contributed by atoms with van der Waals surface area (Å²) in [5.41, 5.74) is 8.61. The second-order valence-corrected chi connectivity index (χ2v) is 5.12. The van der Waals surface area contributed by atoms with Gasteiger partial charge in [-0.1, -0.05) is 29.8 Å². The van der Waals surface area contributed by atoms with E-state index in [0.717, 1.165) is 17.0 Å². The van der Waals surface area contributed by atoms with Crippen molar-refractivity contribution in [2.45, 2.75) is 13.8 Å². The highest BCUT2D eigenvalue weighted by Crippen LogP contribution is 2.13. The Kier molecular flexibility index (Phi) is 4.41. The van der Waals surface area contributed by atoms with E-state index in [0.29, 0.717) is 0 Å². The average molecular weight is 267 g/mol. The lowest BCUT2D eigenvalue weighted by molar-refractivity contribution is 1.13. The molecule has 0 aliphatic carbocycles. The SMILES string of the molecule is C/C(=N/Nc1ccc(C)cc1)c1ccc(N(C)C)cc1. The zero-order valence-corrected chi connectivity index (χ0v) is 12.5. The summed E-state index contributed by atoms with van der Waals surface area (Å²) in [5, 5.41) is 4.42. The van der Waals surface area contributed by atoms with Crippen molar-refractivity contribution in [1.82, 2.24) is 0 Å². The Labute approximate surface area is 120 Å². The first-order valence-corrected chi connectivity index (χ1v) is 6.71. The van der Waals surface area contributed by atoms with Gasteiger partial charge in [-0.05, 0) is 43.7 Å². The van der Waals surface area contributed by atoms with Crippen molar-refractivity contribution in [3.63, 3.8) is 0 Å². The van der Waals surface area contributed by atoms with Crippen molar-refractivity contribution < 1.29 is 0 Å². The van der Waals surface area contributed by atoms with E-state index in [-0.39, 0.29) is 0 Å². The van der Waals surface area contributed by atoms with Gasteiger partial charge in [-0.3, -0.25) is 5.43 Å². The molecule has 0 aromatic heterocycles. The summed E-state index contributed by atoms with van der Waals surface area (Å²) in [6, 6.07) is 16.6. The topological polar surface area (TPSA) is 27.6 Å². The van der Waals surface area contributed by atoms with E-state index in [4.69, 9.17) is 0 Å². The lowest BCUT2D eigenvalue weighted by Crippen LogP contribution is -2.08. The van der Waals surface area contributed by atoms with E-state index in [1.807, 2.05) is 33.2 Å². The molecule has 2 aromatic rings. The molecular formula is C17H21N3. The Morgan fingerprint density at radius 3 is 2.10 bits per heavy atom. The molecule has 2 aromatic carbocycles. The average Bonchev–Trinajstić information content (AvgIpc) is 2.46. The maximum Gasteiger partial charge on any atom is 0.0648 e. The van der Waals surface area contributed by atoms with Crippen molar-refractivity contribution in [2.24, 2.45) is 5.10 Å². The minimum absolute atomic E-state index is 0.968. The highest BCUT2D eigenvalue weighted by Gasteiger charge is 1.99. The summed E-state index contributed by atoms with van der Waals surface area (Å²) >= 11 is 0. The number of nitrogens with zero attached hydrogens (tertiary/aromatic N) is 2. The third kappa shape index (κ3) is 3.60. The van der Waals surface area contributed by atoms with Gasteiger partial charge in [0.25, 0.3) is 0 Å². The Hall–Kier alpha value is -2.29. The quantitative estimate of drug-likeness (QED) is 0.672. The Morgan fingerprint density at radius 2 is 1.55 bits per heavy atom. The zero-order chi connectivity index (χ0) is 14.5. The molecule has 0 heterocycles. The van der Waals surface area contributed by atoms with Gasteiger partial charge in [-0.15, -0.1) is 0 Å². The Bertz CT molecular complexity index is 581. The lowest BCUT2D eigenvalue weighted by Gasteiger charge is -2.12. The van der Waals surface area contributed by atoms with Crippen LogP contribution in [0.25, 0.3) is 0 Å². The summed E-state index contributed by atoms with van der Waals surface area (Å²) in [4.78, 5) is 2.08. The molecular weight excluding hydrogens is 246 g/mol. The predicted octanol–water partition coefficient (Wildman–Crippen LogP) is 3.90. The van der Waals surface area contributed by atoms with Gasteiger partial charge >= 0.3 is 0 Å². The van der Waals surface area contributed by atoms with Crippen molar-refractivity contribution in [1.29, 1.82) is 0 Å². The highest BCUT2D eigenvalue weighted by molar-refractivity contribution is 5.99. The summed E-state index contributed by atoms with van der Waals surface area (Å²) < 4.78 is 0. The molecule has 2 rings (SSSR count). The third-order valence-electron chi connectivity index (χ3n) is 3.21. The van der Waals surface area contributed by atoms with Gasteiger partial charge in [0.2, 0.25) is 0 Å². The number of hydrogen-bond acceptors (Lipinski definition) is 3. The normalized spacial score (nSPS) is 11.3. The largest absolute Gasteiger partial charge is 0.378 e. The van der Waals surface area contributed by atoms with Crippen molar-refractivity contribution in [3.8, 4) is 0 Å². The maximum absolute atomic E-state index is 4.42. The van der Waals surface area contributed by atoms with E-state index in [2.05, 4.69) is 58.7 Å². The molecule has 0 saturated carbocycles. The molecule has 0 fully saturated rings.